The van der Waals surface area contributed by atoms with Crippen LogP contribution in [0.15, 0.2) is 72.8 Å². The van der Waals surface area contributed by atoms with Crippen molar-refractivity contribution in [3.63, 3.8) is 0 Å². The molecule has 3 N–H and O–H groups in total. The molecule has 1 unspecified atom stereocenters. The highest BCUT2D eigenvalue weighted by molar-refractivity contribution is 7.90. The van der Waals surface area contributed by atoms with E-state index < -0.39 is 57.6 Å². The molecule has 0 aliphatic carbocycles. The first-order valence-electron chi connectivity index (χ1n) is 16.9. The number of hydrogen-bond donors (Lipinski definition) is 3. The van der Waals surface area contributed by atoms with E-state index in [1.807, 2.05) is 48.5 Å². The maximum absolute atomic E-state index is 13.8. The van der Waals surface area contributed by atoms with Crippen molar-refractivity contribution in [3.8, 4) is 0 Å². The molecule has 1 heterocycles. The highest BCUT2D eigenvalue weighted by atomic mass is 32.2. The second kappa shape index (κ2) is 17.5. The Morgan fingerprint density at radius 1 is 0.843 bits per heavy atom. The van der Waals surface area contributed by atoms with Crippen molar-refractivity contribution in [2.24, 2.45) is 11.8 Å². The first-order valence-corrected chi connectivity index (χ1v) is 18.9. The van der Waals surface area contributed by atoms with Crippen LogP contribution < -0.4 is 4.90 Å². The van der Waals surface area contributed by atoms with Crippen LogP contribution in [0.25, 0.3) is 0 Å². The summed E-state index contributed by atoms with van der Waals surface area (Å²) >= 11 is 0. The van der Waals surface area contributed by atoms with Crippen LogP contribution in [0.3, 0.4) is 0 Å². The van der Waals surface area contributed by atoms with Crippen LogP contribution >= 0.6 is 0 Å². The molecule has 1 fully saturated rings. The Labute approximate surface area is 297 Å². The first-order chi connectivity index (χ1) is 24.1. The summed E-state index contributed by atoms with van der Waals surface area (Å²) in [7, 11) is -3.17. The summed E-state index contributed by atoms with van der Waals surface area (Å²) in [6.07, 6.45) is 2.28. The number of carbonyl (C=O) groups excluding carboxylic acids is 2. The number of hydrogen-bond acceptors (Lipinski definition) is 8. The number of benzene rings is 3. The zero-order valence-corrected chi connectivity index (χ0v) is 29.4. The van der Waals surface area contributed by atoms with Gasteiger partial charge in [-0.3, -0.25) is 19.2 Å². The minimum Gasteiger partial charge on any atom is -0.481 e. The molecule has 0 aromatic heterocycles. The third kappa shape index (κ3) is 11.2. The summed E-state index contributed by atoms with van der Waals surface area (Å²) in [5.74, 6) is -5.82. The lowest BCUT2D eigenvalue weighted by Gasteiger charge is -2.48. The van der Waals surface area contributed by atoms with Gasteiger partial charge in [-0.2, -0.15) is 0 Å². The van der Waals surface area contributed by atoms with E-state index in [0.717, 1.165) is 22.9 Å². The number of aryl methyl sites for hydroxylation is 2. The number of ether oxygens (including phenoxy) is 1. The van der Waals surface area contributed by atoms with Gasteiger partial charge in [-0.05, 0) is 97.9 Å². The number of sulfone groups is 1. The van der Waals surface area contributed by atoms with Crippen molar-refractivity contribution in [1.29, 1.82) is 0 Å². The number of halogens is 1. The number of carbonyl (C=O) groups is 4. The summed E-state index contributed by atoms with van der Waals surface area (Å²) in [6, 6.07) is 20.2. The Hall–Kier alpha value is -4.62. The van der Waals surface area contributed by atoms with Gasteiger partial charge in [-0.1, -0.05) is 48.5 Å². The summed E-state index contributed by atoms with van der Waals surface area (Å²) in [5, 5.41) is 28.6. The third-order valence-corrected chi connectivity index (χ3v) is 10.2. The molecule has 13 heteroatoms. The summed E-state index contributed by atoms with van der Waals surface area (Å²) < 4.78 is 42.0. The number of aliphatic hydroxyl groups excluding tert-OH is 1. The molecule has 0 radical (unpaired) electrons. The van der Waals surface area contributed by atoms with E-state index >= 15 is 0 Å². The zero-order valence-electron chi connectivity index (χ0n) is 28.6. The predicted octanol–water partition coefficient (Wildman–Crippen LogP) is 5.45. The lowest BCUT2D eigenvalue weighted by Crippen LogP contribution is -2.55. The highest BCUT2D eigenvalue weighted by Gasteiger charge is 2.48. The smallest absolute Gasteiger partial charge is 0.317 e. The van der Waals surface area contributed by atoms with Crippen molar-refractivity contribution in [2.75, 3.05) is 16.9 Å². The second-order valence-corrected chi connectivity index (χ2v) is 15.4. The molecule has 4 rings (SSSR count). The van der Waals surface area contributed by atoms with Crippen molar-refractivity contribution in [3.05, 3.63) is 101 Å². The van der Waals surface area contributed by atoms with E-state index in [1.165, 1.54) is 19.1 Å². The molecule has 3 aromatic rings. The van der Waals surface area contributed by atoms with Gasteiger partial charge in [0.05, 0.1) is 23.8 Å². The number of nitrogens with zero attached hydrogens (tertiary/aromatic N) is 1. The Morgan fingerprint density at radius 2 is 1.43 bits per heavy atom. The van der Waals surface area contributed by atoms with E-state index in [-0.39, 0.29) is 30.5 Å². The van der Waals surface area contributed by atoms with Gasteiger partial charge >= 0.3 is 17.9 Å². The van der Waals surface area contributed by atoms with Crippen molar-refractivity contribution in [2.45, 2.75) is 76.5 Å². The van der Waals surface area contributed by atoms with Gasteiger partial charge in [-0.25, -0.2) is 12.8 Å². The molecule has 51 heavy (non-hydrogen) atoms. The lowest BCUT2D eigenvalue weighted by atomic mass is 9.78. The molecule has 1 saturated heterocycles. The quantitative estimate of drug-likeness (QED) is 0.0819. The summed E-state index contributed by atoms with van der Waals surface area (Å²) in [4.78, 5) is 49.9. The van der Waals surface area contributed by atoms with Crippen LogP contribution in [-0.4, -0.2) is 65.7 Å². The number of rotatable bonds is 19. The van der Waals surface area contributed by atoms with E-state index in [2.05, 4.69) is 0 Å². The first kappa shape index (κ1) is 39.2. The average molecular weight is 726 g/mol. The molecule has 0 saturated carbocycles. The number of β-lactam (4-membered cyclic amide) rings is 1. The molecule has 1 amide bonds. The number of aliphatic carboxylic acids is 2. The number of esters is 1. The molecule has 1 aliphatic rings. The van der Waals surface area contributed by atoms with E-state index in [1.54, 1.807) is 17.0 Å². The fraction of sp³-hybridized carbons (Fsp3) is 0.421. The molecule has 0 bridgehead atoms. The SMILES string of the molecule is CC(=O)O[C@@H](CC[C@H]1C(=O)N(c2ccc(CCC(O)CCS(C)(=O)=O)cc2)[C@@H]1c1ccc(CCCC(C(=O)O)C(=O)O)cc1)c1ccc(F)cc1. The minimum absolute atomic E-state index is 0.00738. The Balaban J connectivity index is 1.51. The number of carboxylic acid groups (broad SMARTS) is 2. The van der Waals surface area contributed by atoms with Gasteiger partial charge in [0.1, 0.15) is 21.8 Å². The largest absolute Gasteiger partial charge is 0.481 e. The topological polar surface area (TPSA) is 176 Å². The van der Waals surface area contributed by atoms with Crippen molar-refractivity contribution >= 4 is 39.3 Å². The standard InChI is InChI=1S/C38H44FNO10S/c1-24(41)50-34(27-13-15-29(39)16-14-27)21-20-32-35(28-11-6-25(7-12-28)4-3-5-33(37(44)45)38(46)47)40(36(32)43)30-17-8-26(9-18-30)10-19-31(42)22-23-51(2,48)49/h6-9,11-18,31-35,42H,3-5,10,19-23H2,1-2H3,(H,44,45)(H,46,47)/t31?,32-,34+,35-/m1/s1. The van der Waals surface area contributed by atoms with Gasteiger partial charge in [-0.15, -0.1) is 0 Å². The zero-order chi connectivity index (χ0) is 37.3. The molecule has 274 valence electrons. The van der Waals surface area contributed by atoms with Gasteiger partial charge < -0.3 is 25.0 Å². The van der Waals surface area contributed by atoms with Crippen LogP contribution in [-0.2, 0) is 46.6 Å². The van der Waals surface area contributed by atoms with E-state index in [9.17, 15) is 37.1 Å². The molecular formula is C38H44FNO10S. The summed E-state index contributed by atoms with van der Waals surface area (Å²) in [6.45, 7) is 1.29. The summed E-state index contributed by atoms with van der Waals surface area (Å²) in [5.41, 5.74) is 3.92. The van der Waals surface area contributed by atoms with Crippen LogP contribution in [0.2, 0.25) is 0 Å². The molecule has 4 atom stereocenters. The molecule has 0 spiro atoms. The van der Waals surface area contributed by atoms with E-state index in [4.69, 9.17) is 14.9 Å². The number of carboxylic acids is 2. The van der Waals surface area contributed by atoms with Crippen LogP contribution in [0.5, 0.6) is 0 Å². The van der Waals surface area contributed by atoms with Crippen molar-refractivity contribution < 1.29 is 52.0 Å². The Morgan fingerprint density at radius 3 is 2.00 bits per heavy atom. The number of aliphatic hydroxyl groups is 1. The fourth-order valence-electron chi connectivity index (χ4n) is 6.40. The fourth-order valence-corrected chi connectivity index (χ4v) is 7.10. The van der Waals surface area contributed by atoms with Crippen LogP contribution in [0.1, 0.15) is 79.8 Å². The Kier molecular flexibility index (Phi) is 13.5. The monoisotopic (exact) mass is 725 g/mol. The molecule has 3 aromatic carbocycles. The highest BCUT2D eigenvalue weighted by Crippen LogP contribution is 2.46. The maximum Gasteiger partial charge on any atom is 0.317 e. The van der Waals surface area contributed by atoms with Crippen LogP contribution in [0.4, 0.5) is 10.1 Å². The minimum atomic E-state index is -3.17. The molecule has 11 nitrogen and oxygen atoms in total. The molecular weight excluding hydrogens is 681 g/mol. The van der Waals surface area contributed by atoms with Gasteiger partial charge in [0.2, 0.25) is 5.91 Å². The predicted molar refractivity (Wildman–Crippen MR) is 187 cm³/mol. The van der Waals surface area contributed by atoms with Gasteiger partial charge in [0.15, 0.2) is 5.92 Å². The van der Waals surface area contributed by atoms with Crippen molar-refractivity contribution in [1.82, 2.24) is 0 Å². The molecule has 1 aliphatic heterocycles. The lowest BCUT2D eigenvalue weighted by molar-refractivity contribution is -0.155. The van der Waals surface area contributed by atoms with Crippen LogP contribution in [0, 0.1) is 17.7 Å². The maximum atomic E-state index is 13.8. The Bertz CT molecular complexity index is 1760. The third-order valence-electron chi connectivity index (χ3n) is 9.18. The average Bonchev–Trinajstić information content (AvgIpc) is 3.07. The number of amides is 1. The second-order valence-electron chi connectivity index (χ2n) is 13.1. The van der Waals surface area contributed by atoms with E-state index in [0.29, 0.717) is 49.8 Å². The normalized spacial score (nSPS) is 17.1. The number of anilines is 1. The van der Waals surface area contributed by atoms with Gasteiger partial charge in [0, 0.05) is 18.9 Å². The van der Waals surface area contributed by atoms with Gasteiger partial charge in [0.25, 0.3) is 0 Å².